The number of rotatable bonds is 6. The van der Waals surface area contributed by atoms with Crippen molar-refractivity contribution < 1.29 is 22.9 Å². The van der Waals surface area contributed by atoms with Crippen LogP contribution in [-0.2, 0) is 30.6 Å². The Hall–Kier alpha value is -2.92. The summed E-state index contributed by atoms with van der Waals surface area (Å²) < 4.78 is 41.2. The first-order chi connectivity index (χ1) is 12.0. The maximum atomic E-state index is 12.9. The van der Waals surface area contributed by atoms with Crippen molar-refractivity contribution in [1.29, 1.82) is 0 Å². The van der Waals surface area contributed by atoms with Gasteiger partial charge in [-0.05, 0) is 19.9 Å². The summed E-state index contributed by atoms with van der Waals surface area (Å²) in [5.41, 5.74) is -2.48. The fraction of sp³-hybridized carbons (Fsp3) is 0.500. The van der Waals surface area contributed by atoms with E-state index in [2.05, 4.69) is 10.2 Å². The normalized spacial score (nSPS) is 11.6. The summed E-state index contributed by atoms with van der Waals surface area (Å²) in [6.45, 7) is 3.29. The monoisotopic (exact) mass is 374 g/mol. The topological polar surface area (TPSA) is 99.1 Å². The summed E-state index contributed by atoms with van der Waals surface area (Å²) in [6, 6.07) is 1.72. The number of hydrogen-bond donors (Lipinski definition) is 0. The lowest BCUT2D eigenvalue weighted by atomic mass is 10.3. The Morgan fingerprint density at radius 2 is 2.04 bits per heavy atom. The quantitative estimate of drug-likeness (QED) is 0.569. The molecular weight excluding hydrogens is 357 g/mol. The van der Waals surface area contributed by atoms with Crippen LogP contribution in [0.4, 0.5) is 18.9 Å². The number of hydrogen-bond acceptors (Lipinski definition) is 5. The van der Waals surface area contributed by atoms with E-state index in [0.717, 1.165) is 6.92 Å². The molecule has 0 unspecified atom stereocenters. The molecule has 0 aliphatic carbocycles. The fourth-order valence-corrected chi connectivity index (χ4v) is 2.34. The maximum Gasteiger partial charge on any atom is 0.442 e. The third-order valence-electron chi connectivity index (χ3n) is 3.76. The van der Waals surface area contributed by atoms with Gasteiger partial charge in [-0.3, -0.25) is 24.3 Å². The van der Waals surface area contributed by atoms with Crippen LogP contribution in [0.3, 0.4) is 0 Å². The van der Waals surface area contributed by atoms with Gasteiger partial charge in [-0.1, -0.05) is 0 Å². The van der Waals surface area contributed by atoms with E-state index in [9.17, 15) is 28.1 Å². The highest BCUT2D eigenvalue weighted by atomic mass is 19.4. The van der Waals surface area contributed by atoms with Gasteiger partial charge >= 0.3 is 11.9 Å². The van der Waals surface area contributed by atoms with Crippen molar-refractivity contribution in [2.45, 2.75) is 39.7 Å². The Morgan fingerprint density at radius 1 is 1.38 bits per heavy atom. The first kappa shape index (κ1) is 19.4. The molecule has 12 heteroatoms. The lowest BCUT2D eigenvalue weighted by Crippen LogP contribution is -2.30. The van der Waals surface area contributed by atoms with Gasteiger partial charge in [-0.25, -0.2) is 0 Å². The number of carbonyl (C=O) groups excluding carboxylic acids is 1. The van der Waals surface area contributed by atoms with E-state index in [-0.39, 0.29) is 12.2 Å². The molecule has 9 nitrogen and oxygen atoms in total. The predicted octanol–water partition coefficient (Wildman–Crippen LogP) is 1.99. The molecule has 0 atom stereocenters. The van der Waals surface area contributed by atoms with Crippen molar-refractivity contribution in [2.24, 2.45) is 0 Å². The molecule has 2 heterocycles. The zero-order valence-corrected chi connectivity index (χ0v) is 14.3. The van der Waals surface area contributed by atoms with Crippen LogP contribution in [0.2, 0.25) is 0 Å². The molecule has 26 heavy (non-hydrogen) atoms. The fourth-order valence-electron chi connectivity index (χ4n) is 2.34. The Kier molecular flexibility index (Phi) is 5.33. The second kappa shape index (κ2) is 7.14. The highest BCUT2D eigenvalue weighted by molar-refractivity contribution is 5.75. The summed E-state index contributed by atoms with van der Waals surface area (Å²) >= 11 is 0. The van der Waals surface area contributed by atoms with Gasteiger partial charge in [0.15, 0.2) is 0 Å². The van der Waals surface area contributed by atoms with Crippen LogP contribution in [-0.4, -0.2) is 42.3 Å². The Balaban J connectivity index is 2.19. The zero-order valence-electron chi connectivity index (χ0n) is 14.3. The molecule has 0 saturated carbocycles. The van der Waals surface area contributed by atoms with Crippen LogP contribution >= 0.6 is 0 Å². The molecule has 0 bridgehead atoms. The van der Waals surface area contributed by atoms with Crippen molar-refractivity contribution >= 4 is 11.6 Å². The van der Waals surface area contributed by atoms with E-state index in [1.165, 1.54) is 11.9 Å². The summed E-state index contributed by atoms with van der Waals surface area (Å²) in [7, 11) is 1.46. The Labute approximate surface area is 146 Å². The summed E-state index contributed by atoms with van der Waals surface area (Å²) in [6.07, 6.45) is -3.25. The number of aryl methyl sites for hydroxylation is 1. The first-order valence-corrected chi connectivity index (χ1v) is 7.59. The molecular formula is C14H17F3N6O3. The average molecular weight is 374 g/mol. The molecule has 0 N–H and O–H groups in total. The van der Waals surface area contributed by atoms with Gasteiger partial charge < -0.3 is 4.90 Å². The minimum absolute atomic E-state index is 0.153. The largest absolute Gasteiger partial charge is 0.442 e. The van der Waals surface area contributed by atoms with E-state index in [0.29, 0.717) is 16.9 Å². The first-order valence-electron chi connectivity index (χ1n) is 7.59. The van der Waals surface area contributed by atoms with E-state index < -0.39 is 34.9 Å². The van der Waals surface area contributed by atoms with Crippen molar-refractivity contribution in [2.75, 3.05) is 7.05 Å². The lowest BCUT2D eigenvalue weighted by Gasteiger charge is -2.16. The number of halogens is 3. The molecule has 0 aliphatic rings. The Bertz CT molecular complexity index is 826. The highest BCUT2D eigenvalue weighted by Gasteiger charge is 2.44. The molecule has 1 amide bonds. The molecule has 0 aliphatic heterocycles. The molecule has 0 spiro atoms. The second-order valence-corrected chi connectivity index (χ2v) is 5.61. The Morgan fingerprint density at radius 3 is 2.50 bits per heavy atom. The van der Waals surface area contributed by atoms with Crippen LogP contribution in [0.25, 0.3) is 0 Å². The van der Waals surface area contributed by atoms with Gasteiger partial charge in [0.2, 0.25) is 11.6 Å². The van der Waals surface area contributed by atoms with Gasteiger partial charge in [0.1, 0.15) is 12.2 Å². The van der Waals surface area contributed by atoms with Crippen LogP contribution in [0.1, 0.15) is 24.0 Å². The minimum Gasteiger partial charge on any atom is -0.338 e. The van der Waals surface area contributed by atoms with E-state index in [4.69, 9.17) is 0 Å². The number of carbonyl (C=O) groups is 1. The van der Waals surface area contributed by atoms with E-state index >= 15 is 0 Å². The third kappa shape index (κ3) is 4.00. The van der Waals surface area contributed by atoms with Gasteiger partial charge in [-0.15, -0.1) is 0 Å². The zero-order chi connectivity index (χ0) is 19.6. The van der Waals surface area contributed by atoms with Crippen molar-refractivity contribution in [3.05, 3.63) is 39.5 Å². The molecule has 142 valence electrons. The average Bonchev–Trinajstić information content (AvgIpc) is 3.11. The van der Waals surface area contributed by atoms with Gasteiger partial charge in [-0.2, -0.15) is 23.4 Å². The van der Waals surface area contributed by atoms with E-state index in [1.807, 2.05) is 6.92 Å². The molecule has 2 aromatic rings. The van der Waals surface area contributed by atoms with Gasteiger partial charge in [0.05, 0.1) is 17.2 Å². The lowest BCUT2D eigenvalue weighted by molar-refractivity contribution is -0.388. The van der Waals surface area contributed by atoms with Crippen LogP contribution in [0, 0.1) is 17.0 Å². The number of aromatic nitrogens is 4. The standard InChI is InChI=1S/C14H17F3N6O3/c1-4-21-6-5-10(18-21)7-20(3)11(24)8-22-9(2)12(23(25)26)13(19-22)14(15,16)17/h5-6H,4,7-8H2,1-3H3. The SMILES string of the molecule is CCn1ccc(CN(C)C(=O)Cn2nc(C(F)(F)F)c([N+](=O)[O-])c2C)n1. The molecule has 0 saturated heterocycles. The highest BCUT2D eigenvalue weighted by Crippen LogP contribution is 2.36. The van der Waals surface area contributed by atoms with Crippen LogP contribution in [0.5, 0.6) is 0 Å². The maximum absolute atomic E-state index is 12.9. The number of nitrogens with zero attached hydrogens (tertiary/aromatic N) is 6. The van der Waals surface area contributed by atoms with E-state index in [1.54, 1.807) is 16.9 Å². The molecule has 2 aromatic heterocycles. The molecule has 0 radical (unpaired) electrons. The molecule has 0 fully saturated rings. The number of alkyl halides is 3. The number of amides is 1. The van der Waals surface area contributed by atoms with Crippen LogP contribution < -0.4 is 0 Å². The second-order valence-electron chi connectivity index (χ2n) is 5.61. The van der Waals surface area contributed by atoms with Crippen molar-refractivity contribution in [3.8, 4) is 0 Å². The van der Waals surface area contributed by atoms with Gasteiger partial charge in [0, 0.05) is 19.8 Å². The van der Waals surface area contributed by atoms with Crippen molar-refractivity contribution in [3.63, 3.8) is 0 Å². The third-order valence-corrected chi connectivity index (χ3v) is 3.76. The molecule has 0 aromatic carbocycles. The smallest absolute Gasteiger partial charge is 0.338 e. The van der Waals surface area contributed by atoms with Gasteiger partial charge in [0.25, 0.3) is 0 Å². The number of nitro groups is 1. The minimum atomic E-state index is -4.99. The summed E-state index contributed by atoms with van der Waals surface area (Å²) in [5, 5.41) is 18.4. The predicted molar refractivity (Wildman–Crippen MR) is 83.0 cm³/mol. The molecule has 2 rings (SSSR count). The van der Waals surface area contributed by atoms with Crippen LogP contribution in [0.15, 0.2) is 12.3 Å². The number of likely N-dealkylation sites (N-methyl/N-ethyl adjacent to an activating group) is 1. The van der Waals surface area contributed by atoms with Crippen molar-refractivity contribution in [1.82, 2.24) is 24.5 Å². The summed E-state index contributed by atoms with van der Waals surface area (Å²) in [5.74, 6) is -0.551. The summed E-state index contributed by atoms with van der Waals surface area (Å²) in [4.78, 5) is 23.3.